The van der Waals surface area contributed by atoms with E-state index in [9.17, 15) is 0 Å². The number of anilines is 1. The molecule has 4 nitrogen and oxygen atoms in total. The van der Waals surface area contributed by atoms with Crippen molar-refractivity contribution >= 4 is 29.2 Å². The van der Waals surface area contributed by atoms with Gasteiger partial charge in [-0.1, -0.05) is 23.2 Å². The first-order chi connectivity index (χ1) is 7.16. The first-order valence-electron chi connectivity index (χ1n) is 4.07. The van der Waals surface area contributed by atoms with Crippen LogP contribution in [0.25, 0.3) is 11.3 Å². The Labute approximate surface area is 96.1 Å². The third-order valence-electron chi connectivity index (χ3n) is 1.78. The van der Waals surface area contributed by atoms with Gasteiger partial charge in [-0.2, -0.15) is 5.10 Å². The molecule has 0 spiro atoms. The molecule has 0 saturated heterocycles. The maximum absolute atomic E-state index is 6.00. The Bertz CT molecular complexity index is 501. The lowest BCUT2D eigenvalue weighted by Crippen LogP contribution is -1.98. The summed E-state index contributed by atoms with van der Waals surface area (Å²) in [4.78, 5) is 4.01. The smallest absolute Gasteiger partial charge is 0.240 e. The molecule has 2 rings (SSSR count). The van der Waals surface area contributed by atoms with Crippen LogP contribution in [0.15, 0.2) is 24.4 Å². The predicted molar refractivity (Wildman–Crippen MR) is 59.7 cm³/mol. The summed E-state index contributed by atoms with van der Waals surface area (Å²) in [5.74, 6) is 0.110. The molecule has 76 valence electrons. The summed E-state index contributed by atoms with van der Waals surface area (Å²) in [6, 6.07) is 5.12. The van der Waals surface area contributed by atoms with Crippen molar-refractivity contribution in [2.75, 3.05) is 5.73 Å². The highest BCUT2D eigenvalue weighted by atomic mass is 35.5. The Morgan fingerprint density at radius 2 is 2.00 bits per heavy atom. The van der Waals surface area contributed by atoms with Gasteiger partial charge in [0.15, 0.2) is 0 Å². The van der Waals surface area contributed by atoms with Crippen LogP contribution in [0.3, 0.4) is 0 Å². The second kappa shape index (κ2) is 4.00. The van der Waals surface area contributed by atoms with Gasteiger partial charge in [0.2, 0.25) is 5.95 Å². The fourth-order valence-corrected chi connectivity index (χ4v) is 1.65. The topological polar surface area (TPSA) is 64.7 Å². The van der Waals surface area contributed by atoms with Gasteiger partial charge in [0.05, 0.1) is 16.9 Å². The van der Waals surface area contributed by atoms with Crippen LogP contribution in [-0.4, -0.2) is 15.2 Å². The van der Waals surface area contributed by atoms with Crippen molar-refractivity contribution in [3.8, 4) is 11.3 Å². The predicted octanol–water partition coefficient (Wildman–Crippen LogP) is 2.43. The van der Waals surface area contributed by atoms with Crippen LogP contribution in [0.1, 0.15) is 0 Å². The van der Waals surface area contributed by atoms with Crippen molar-refractivity contribution in [3.05, 3.63) is 34.4 Å². The molecule has 0 aliphatic carbocycles. The number of hydrogen-bond acceptors (Lipinski definition) is 4. The van der Waals surface area contributed by atoms with E-state index in [4.69, 9.17) is 28.9 Å². The van der Waals surface area contributed by atoms with E-state index in [1.54, 1.807) is 18.2 Å². The molecule has 15 heavy (non-hydrogen) atoms. The van der Waals surface area contributed by atoms with Crippen molar-refractivity contribution in [2.45, 2.75) is 0 Å². The van der Waals surface area contributed by atoms with Gasteiger partial charge in [-0.25, -0.2) is 4.98 Å². The molecule has 2 N–H and O–H groups in total. The molecule has 1 aromatic carbocycles. The molecule has 0 aliphatic heterocycles. The molecular weight excluding hydrogens is 235 g/mol. The van der Waals surface area contributed by atoms with E-state index >= 15 is 0 Å². The van der Waals surface area contributed by atoms with Gasteiger partial charge in [0.25, 0.3) is 0 Å². The van der Waals surface area contributed by atoms with Gasteiger partial charge in [0.1, 0.15) is 0 Å². The quantitative estimate of drug-likeness (QED) is 0.832. The zero-order valence-electron chi connectivity index (χ0n) is 7.48. The molecule has 0 unspecified atom stereocenters. The molecule has 0 bridgehead atoms. The monoisotopic (exact) mass is 240 g/mol. The molecule has 1 heterocycles. The lowest BCUT2D eigenvalue weighted by molar-refractivity contribution is 0.990. The van der Waals surface area contributed by atoms with E-state index < -0.39 is 0 Å². The average molecular weight is 241 g/mol. The number of nitrogens with two attached hydrogens (primary N) is 1. The maximum atomic E-state index is 6.00. The van der Waals surface area contributed by atoms with E-state index in [2.05, 4.69) is 15.2 Å². The Morgan fingerprint density at radius 3 is 2.67 bits per heavy atom. The van der Waals surface area contributed by atoms with Crippen LogP contribution in [0.5, 0.6) is 0 Å². The van der Waals surface area contributed by atoms with E-state index in [-0.39, 0.29) is 5.95 Å². The van der Waals surface area contributed by atoms with Gasteiger partial charge in [0, 0.05) is 10.6 Å². The third-order valence-corrected chi connectivity index (χ3v) is 2.33. The summed E-state index contributed by atoms with van der Waals surface area (Å²) in [5.41, 5.74) is 6.72. The molecule has 6 heteroatoms. The Morgan fingerprint density at radius 1 is 1.20 bits per heavy atom. The highest BCUT2D eigenvalue weighted by Crippen LogP contribution is 2.28. The maximum Gasteiger partial charge on any atom is 0.240 e. The number of benzene rings is 1. The van der Waals surface area contributed by atoms with Crippen LogP contribution in [0.2, 0.25) is 10.0 Å². The number of nitrogens with zero attached hydrogens (tertiary/aromatic N) is 3. The van der Waals surface area contributed by atoms with Crippen molar-refractivity contribution in [3.63, 3.8) is 0 Å². The molecule has 0 fully saturated rings. The van der Waals surface area contributed by atoms with Gasteiger partial charge >= 0.3 is 0 Å². The summed E-state index contributed by atoms with van der Waals surface area (Å²) in [6.07, 6.45) is 1.49. The highest BCUT2D eigenvalue weighted by Gasteiger charge is 2.06. The summed E-state index contributed by atoms with van der Waals surface area (Å²) in [6.45, 7) is 0. The van der Waals surface area contributed by atoms with E-state index in [0.717, 1.165) is 5.56 Å². The molecular formula is C9H6Cl2N4. The number of halogens is 2. The standard InChI is InChI=1S/C9H6Cl2N4/c10-5-1-2-6(7(11)3-5)8-4-13-15-9(12)14-8/h1-4H,(H2,12,14,15). The number of hydrogen-bond donors (Lipinski definition) is 1. The van der Waals surface area contributed by atoms with Crippen LogP contribution >= 0.6 is 23.2 Å². The molecule has 2 aromatic rings. The minimum absolute atomic E-state index is 0.110. The zero-order valence-corrected chi connectivity index (χ0v) is 9.00. The fourth-order valence-electron chi connectivity index (χ4n) is 1.14. The average Bonchev–Trinajstić information content (AvgIpc) is 2.17. The summed E-state index contributed by atoms with van der Waals surface area (Å²) < 4.78 is 0. The van der Waals surface area contributed by atoms with Crippen LogP contribution in [0.4, 0.5) is 5.95 Å². The minimum Gasteiger partial charge on any atom is -0.366 e. The minimum atomic E-state index is 0.110. The highest BCUT2D eigenvalue weighted by molar-refractivity contribution is 6.36. The van der Waals surface area contributed by atoms with Crippen molar-refractivity contribution in [2.24, 2.45) is 0 Å². The molecule has 0 amide bonds. The van der Waals surface area contributed by atoms with Crippen molar-refractivity contribution in [1.82, 2.24) is 15.2 Å². The number of nitrogen functional groups attached to an aromatic ring is 1. The fraction of sp³-hybridized carbons (Fsp3) is 0. The lowest BCUT2D eigenvalue weighted by atomic mass is 10.2. The van der Waals surface area contributed by atoms with E-state index in [1.807, 2.05) is 0 Å². The van der Waals surface area contributed by atoms with Crippen molar-refractivity contribution < 1.29 is 0 Å². The van der Waals surface area contributed by atoms with Crippen molar-refractivity contribution in [1.29, 1.82) is 0 Å². The SMILES string of the molecule is Nc1nncc(-c2ccc(Cl)cc2Cl)n1. The van der Waals surface area contributed by atoms with E-state index in [1.165, 1.54) is 6.20 Å². The third kappa shape index (κ3) is 2.16. The summed E-state index contributed by atoms with van der Waals surface area (Å²) in [5, 5.41) is 8.33. The van der Waals surface area contributed by atoms with Crippen LogP contribution in [0, 0.1) is 0 Å². The molecule has 0 aliphatic rings. The summed E-state index contributed by atoms with van der Waals surface area (Å²) >= 11 is 11.8. The molecule has 0 radical (unpaired) electrons. The number of aromatic nitrogens is 3. The first kappa shape index (κ1) is 10.1. The Kier molecular flexibility index (Phi) is 2.70. The summed E-state index contributed by atoms with van der Waals surface area (Å²) in [7, 11) is 0. The zero-order chi connectivity index (χ0) is 10.8. The largest absolute Gasteiger partial charge is 0.366 e. The Hall–Kier alpha value is -1.39. The lowest BCUT2D eigenvalue weighted by Gasteiger charge is -2.03. The second-order valence-corrected chi connectivity index (χ2v) is 3.67. The van der Waals surface area contributed by atoms with Gasteiger partial charge in [-0.05, 0) is 18.2 Å². The van der Waals surface area contributed by atoms with Crippen LogP contribution < -0.4 is 5.73 Å². The van der Waals surface area contributed by atoms with E-state index in [0.29, 0.717) is 15.7 Å². The molecule has 0 atom stereocenters. The van der Waals surface area contributed by atoms with Crippen LogP contribution in [-0.2, 0) is 0 Å². The molecule has 0 saturated carbocycles. The van der Waals surface area contributed by atoms with Gasteiger partial charge in [-0.3, -0.25) is 0 Å². The second-order valence-electron chi connectivity index (χ2n) is 2.82. The Balaban J connectivity index is 2.54. The first-order valence-corrected chi connectivity index (χ1v) is 4.83. The van der Waals surface area contributed by atoms with Gasteiger partial charge in [-0.15, -0.1) is 5.10 Å². The molecule has 1 aromatic heterocycles. The normalized spacial score (nSPS) is 10.3. The van der Waals surface area contributed by atoms with Gasteiger partial charge < -0.3 is 5.73 Å². The number of rotatable bonds is 1.